The number of likely N-dealkylation sites (tertiary alicyclic amines) is 1. The van der Waals surface area contributed by atoms with Gasteiger partial charge in [-0.25, -0.2) is 0 Å². The highest BCUT2D eigenvalue weighted by Gasteiger charge is 2.50. The molecule has 0 aromatic heterocycles. The molecule has 3 aliphatic rings. The van der Waals surface area contributed by atoms with E-state index in [-0.39, 0.29) is 18.1 Å². The Balaban J connectivity index is 1.67. The molecular formula is C13H22N2O2. The molecule has 17 heavy (non-hydrogen) atoms. The lowest BCUT2D eigenvalue weighted by Crippen LogP contribution is -2.46. The van der Waals surface area contributed by atoms with Crippen LogP contribution in [0.2, 0.25) is 0 Å². The predicted octanol–water partition coefficient (Wildman–Crippen LogP) is 0.607. The van der Waals surface area contributed by atoms with E-state index in [9.17, 15) is 4.79 Å². The normalized spacial score (nSPS) is 44.6. The van der Waals surface area contributed by atoms with E-state index in [2.05, 4.69) is 0 Å². The maximum absolute atomic E-state index is 12.5. The third kappa shape index (κ3) is 1.78. The fraction of sp³-hybridized carbons (Fsp3) is 0.923. The first-order chi connectivity index (χ1) is 8.20. The first-order valence-electron chi connectivity index (χ1n) is 6.78. The van der Waals surface area contributed by atoms with Gasteiger partial charge in [0.2, 0.25) is 5.91 Å². The van der Waals surface area contributed by atoms with E-state index in [1.807, 2.05) is 4.90 Å². The van der Waals surface area contributed by atoms with Crippen LogP contribution in [0.1, 0.15) is 25.7 Å². The third-order valence-corrected chi connectivity index (χ3v) is 5.06. The van der Waals surface area contributed by atoms with Crippen molar-refractivity contribution in [3.8, 4) is 0 Å². The largest absolute Gasteiger partial charge is 0.380 e. The third-order valence-electron chi connectivity index (χ3n) is 5.06. The summed E-state index contributed by atoms with van der Waals surface area (Å²) in [6.07, 6.45) is 4.82. The number of hydrogen-bond donors (Lipinski definition) is 1. The number of carbonyl (C=O) groups is 1. The number of fused-ring (bicyclic) bond motifs is 2. The molecule has 1 amide bonds. The van der Waals surface area contributed by atoms with Crippen LogP contribution in [-0.2, 0) is 9.53 Å². The second-order valence-corrected chi connectivity index (χ2v) is 5.87. The zero-order valence-corrected chi connectivity index (χ0v) is 10.5. The van der Waals surface area contributed by atoms with Gasteiger partial charge in [0.25, 0.3) is 0 Å². The minimum absolute atomic E-state index is 0.101. The summed E-state index contributed by atoms with van der Waals surface area (Å²) in [5, 5.41) is 0. The average Bonchev–Trinajstić information content (AvgIpc) is 3.03. The van der Waals surface area contributed by atoms with Crippen molar-refractivity contribution in [2.75, 3.05) is 20.2 Å². The van der Waals surface area contributed by atoms with Crippen LogP contribution in [0.5, 0.6) is 0 Å². The summed E-state index contributed by atoms with van der Waals surface area (Å²) in [5.74, 6) is 1.56. The molecule has 4 nitrogen and oxygen atoms in total. The van der Waals surface area contributed by atoms with E-state index >= 15 is 0 Å². The van der Waals surface area contributed by atoms with Crippen LogP contribution in [0.25, 0.3) is 0 Å². The molecule has 0 radical (unpaired) electrons. The van der Waals surface area contributed by atoms with Gasteiger partial charge in [-0.05, 0) is 37.5 Å². The van der Waals surface area contributed by atoms with E-state index in [1.165, 1.54) is 19.3 Å². The summed E-state index contributed by atoms with van der Waals surface area (Å²) in [6, 6.07) is 0.114. The number of hydrogen-bond acceptors (Lipinski definition) is 3. The molecule has 1 aliphatic heterocycles. The molecule has 3 fully saturated rings. The molecule has 96 valence electrons. The Hall–Kier alpha value is -0.610. The molecule has 1 saturated heterocycles. The second kappa shape index (κ2) is 4.25. The minimum atomic E-state index is 0.101. The smallest absolute Gasteiger partial charge is 0.227 e. The van der Waals surface area contributed by atoms with Crippen LogP contribution < -0.4 is 5.73 Å². The summed E-state index contributed by atoms with van der Waals surface area (Å²) < 4.78 is 5.32. The summed E-state index contributed by atoms with van der Waals surface area (Å²) in [5.41, 5.74) is 6.22. The molecule has 0 spiro atoms. The molecule has 2 N–H and O–H groups in total. The summed E-state index contributed by atoms with van der Waals surface area (Å²) in [7, 11) is 1.72. The first-order valence-corrected chi connectivity index (χ1v) is 6.78. The van der Waals surface area contributed by atoms with Crippen molar-refractivity contribution >= 4 is 5.91 Å². The van der Waals surface area contributed by atoms with Gasteiger partial charge in [-0.2, -0.15) is 0 Å². The van der Waals surface area contributed by atoms with Gasteiger partial charge in [0.1, 0.15) is 0 Å². The van der Waals surface area contributed by atoms with Gasteiger partial charge < -0.3 is 15.4 Å². The SMILES string of the molecule is COC1CCN(C(=O)C2C3CCC(C3)C2N)C1. The quantitative estimate of drug-likeness (QED) is 0.767. The van der Waals surface area contributed by atoms with E-state index in [1.54, 1.807) is 7.11 Å². The van der Waals surface area contributed by atoms with Crippen LogP contribution in [0.4, 0.5) is 0 Å². The van der Waals surface area contributed by atoms with E-state index in [4.69, 9.17) is 10.5 Å². The molecule has 3 rings (SSSR count). The number of ether oxygens (including phenoxy) is 1. The molecular weight excluding hydrogens is 216 g/mol. The van der Waals surface area contributed by atoms with Crippen molar-refractivity contribution in [3.63, 3.8) is 0 Å². The average molecular weight is 238 g/mol. The van der Waals surface area contributed by atoms with Gasteiger partial charge >= 0.3 is 0 Å². The lowest BCUT2D eigenvalue weighted by atomic mass is 9.84. The van der Waals surface area contributed by atoms with Crippen LogP contribution in [0.3, 0.4) is 0 Å². The van der Waals surface area contributed by atoms with Crippen LogP contribution in [0.15, 0.2) is 0 Å². The van der Waals surface area contributed by atoms with Crippen molar-refractivity contribution in [2.24, 2.45) is 23.5 Å². The first kappa shape index (κ1) is 11.5. The summed E-state index contributed by atoms with van der Waals surface area (Å²) in [4.78, 5) is 14.5. The van der Waals surface area contributed by atoms with Gasteiger partial charge in [-0.1, -0.05) is 0 Å². The Bertz CT molecular complexity index is 319. The lowest BCUT2D eigenvalue weighted by molar-refractivity contribution is -0.137. The van der Waals surface area contributed by atoms with Crippen LogP contribution in [-0.4, -0.2) is 43.2 Å². The summed E-state index contributed by atoms with van der Waals surface area (Å²) >= 11 is 0. The van der Waals surface area contributed by atoms with Gasteiger partial charge in [-0.15, -0.1) is 0 Å². The van der Waals surface area contributed by atoms with Crippen molar-refractivity contribution < 1.29 is 9.53 Å². The number of amides is 1. The van der Waals surface area contributed by atoms with Crippen molar-refractivity contribution in [2.45, 2.75) is 37.8 Å². The molecule has 5 atom stereocenters. The van der Waals surface area contributed by atoms with E-state index in [0.29, 0.717) is 17.7 Å². The van der Waals surface area contributed by atoms with E-state index in [0.717, 1.165) is 19.5 Å². The molecule has 2 bridgehead atoms. The molecule has 5 unspecified atom stereocenters. The molecule has 2 aliphatic carbocycles. The van der Waals surface area contributed by atoms with Crippen LogP contribution in [0, 0.1) is 17.8 Å². The van der Waals surface area contributed by atoms with Crippen molar-refractivity contribution in [3.05, 3.63) is 0 Å². The van der Waals surface area contributed by atoms with Gasteiger partial charge in [0, 0.05) is 26.2 Å². The van der Waals surface area contributed by atoms with E-state index < -0.39 is 0 Å². The fourth-order valence-corrected chi connectivity index (χ4v) is 4.03. The maximum atomic E-state index is 12.5. The number of nitrogens with zero attached hydrogens (tertiary/aromatic N) is 1. The standard InChI is InChI=1S/C13H22N2O2/c1-17-10-4-5-15(7-10)13(16)11-8-2-3-9(6-8)12(11)14/h8-12H,2-7,14H2,1H3. The Morgan fingerprint density at radius 3 is 2.65 bits per heavy atom. The Morgan fingerprint density at radius 2 is 2.06 bits per heavy atom. The highest BCUT2D eigenvalue weighted by atomic mass is 16.5. The van der Waals surface area contributed by atoms with Crippen molar-refractivity contribution in [1.82, 2.24) is 4.90 Å². The second-order valence-electron chi connectivity index (χ2n) is 5.87. The number of methoxy groups -OCH3 is 1. The minimum Gasteiger partial charge on any atom is -0.380 e. The molecule has 2 saturated carbocycles. The van der Waals surface area contributed by atoms with Gasteiger partial charge in [0.15, 0.2) is 0 Å². The molecule has 0 aromatic carbocycles. The zero-order chi connectivity index (χ0) is 12.0. The van der Waals surface area contributed by atoms with Gasteiger partial charge in [-0.3, -0.25) is 4.79 Å². The molecule has 0 aromatic rings. The highest BCUT2D eigenvalue weighted by Crippen LogP contribution is 2.48. The Kier molecular flexibility index (Phi) is 2.87. The number of carbonyl (C=O) groups excluding carboxylic acids is 1. The maximum Gasteiger partial charge on any atom is 0.227 e. The number of nitrogens with two attached hydrogens (primary N) is 1. The lowest BCUT2D eigenvalue weighted by Gasteiger charge is -2.30. The Labute approximate surface area is 102 Å². The topological polar surface area (TPSA) is 55.6 Å². The fourth-order valence-electron chi connectivity index (χ4n) is 4.03. The zero-order valence-electron chi connectivity index (χ0n) is 10.5. The highest BCUT2D eigenvalue weighted by molar-refractivity contribution is 5.81. The predicted molar refractivity (Wildman–Crippen MR) is 64.3 cm³/mol. The van der Waals surface area contributed by atoms with Gasteiger partial charge in [0.05, 0.1) is 12.0 Å². The van der Waals surface area contributed by atoms with Crippen molar-refractivity contribution in [1.29, 1.82) is 0 Å². The summed E-state index contributed by atoms with van der Waals surface area (Å²) in [6.45, 7) is 1.61. The Morgan fingerprint density at radius 1 is 1.29 bits per heavy atom. The number of rotatable bonds is 2. The molecule has 1 heterocycles. The molecule has 4 heteroatoms. The monoisotopic (exact) mass is 238 g/mol. The van der Waals surface area contributed by atoms with Crippen LogP contribution >= 0.6 is 0 Å².